The van der Waals surface area contributed by atoms with Gasteiger partial charge < -0.3 is 5.32 Å². The number of nitrogens with one attached hydrogen (secondary N) is 1. The molecule has 1 aromatic rings. The highest BCUT2D eigenvalue weighted by Crippen LogP contribution is 2.28. The predicted octanol–water partition coefficient (Wildman–Crippen LogP) is 3.21. The highest BCUT2D eigenvalue weighted by molar-refractivity contribution is 5.94. The highest BCUT2D eigenvalue weighted by Gasteiger charge is 2.21. The first-order chi connectivity index (χ1) is 8.42. The second-order valence-corrected chi connectivity index (χ2v) is 4.88. The van der Waals surface area contributed by atoms with Gasteiger partial charge in [0.15, 0.2) is 0 Å². The minimum Gasteiger partial charge on any atom is -0.349 e. The number of carbonyl (C=O) groups excluding carboxylic acids is 1. The lowest BCUT2D eigenvalue weighted by Gasteiger charge is -2.24. The van der Waals surface area contributed by atoms with Crippen molar-refractivity contribution in [1.29, 1.82) is 0 Å². The average molecular weight is 255 g/mol. The Morgan fingerprint density at radius 1 is 1.39 bits per heavy atom. The molecule has 0 fully saturated rings. The minimum absolute atomic E-state index is 0.0255. The summed E-state index contributed by atoms with van der Waals surface area (Å²) >= 11 is 0. The molecule has 1 aromatic carbocycles. The molecule has 1 amide bonds. The Labute approximate surface area is 106 Å². The van der Waals surface area contributed by atoms with Crippen LogP contribution < -0.4 is 5.32 Å². The molecule has 4 heteroatoms. The Hall–Kier alpha value is -1.45. The molecule has 0 unspecified atom stereocenters. The quantitative estimate of drug-likeness (QED) is 0.860. The third-order valence-electron chi connectivity index (χ3n) is 3.26. The largest absolute Gasteiger partial charge is 0.349 e. The molecule has 18 heavy (non-hydrogen) atoms. The SMILES string of the molecule is CCC(C)(C)c1ccc(F)c(C(=O)NCCF)c1. The average Bonchev–Trinajstić information content (AvgIpc) is 2.36. The number of hydrogen-bond donors (Lipinski definition) is 1. The molecule has 0 heterocycles. The maximum absolute atomic E-state index is 13.6. The standard InChI is InChI=1S/C14H19F2NO/c1-4-14(2,3)10-5-6-12(16)11(9-10)13(18)17-8-7-15/h5-6,9H,4,7-8H2,1-3H3,(H,17,18). The first-order valence-corrected chi connectivity index (χ1v) is 6.06. The first kappa shape index (κ1) is 14.6. The third-order valence-corrected chi connectivity index (χ3v) is 3.26. The van der Waals surface area contributed by atoms with Crippen LogP contribution in [0.5, 0.6) is 0 Å². The molecule has 2 nitrogen and oxygen atoms in total. The van der Waals surface area contributed by atoms with E-state index in [1.54, 1.807) is 12.1 Å². The molecule has 0 spiro atoms. The van der Waals surface area contributed by atoms with E-state index in [0.717, 1.165) is 12.0 Å². The van der Waals surface area contributed by atoms with E-state index >= 15 is 0 Å². The molecule has 0 aromatic heterocycles. The van der Waals surface area contributed by atoms with Crippen molar-refractivity contribution >= 4 is 5.91 Å². The minimum atomic E-state index is -0.659. The van der Waals surface area contributed by atoms with Crippen LogP contribution >= 0.6 is 0 Å². The van der Waals surface area contributed by atoms with Crippen molar-refractivity contribution in [3.05, 3.63) is 35.1 Å². The summed E-state index contributed by atoms with van der Waals surface area (Å²) in [6.07, 6.45) is 0.879. The molecule has 0 aliphatic heterocycles. The van der Waals surface area contributed by atoms with Crippen LogP contribution in [0.1, 0.15) is 43.1 Å². The summed E-state index contributed by atoms with van der Waals surface area (Å²) in [5.74, 6) is -1.15. The third kappa shape index (κ3) is 3.28. The first-order valence-electron chi connectivity index (χ1n) is 6.06. The smallest absolute Gasteiger partial charge is 0.254 e. The maximum atomic E-state index is 13.6. The zero-order valence-electron chi connectivity index (χ0n) is 11.0. The van der Waals surface area contributed by atoms with Crippen LogP contribution in [-0.4, -0.2) is 19.1 Å². The normalized spacial score (nSPS) is 11.4. The molecule has 100 valence electrons. The highest BCUT2D eigenvalue weighted by atomic mass is 19.1. The van der Waals surface area contributed by atoms with Crippen molar-refractivity contribution in [2.24, 2.45) is 0 Å². The van der Waals surface area contributed by atoms with Gasteiger partial charge in [0.25, 0.3) is 5.91 Å². The maximum Gasteiger partial charge on any atom is 0.254 e. The van der Waals surface area contributed by atoms with E-state index in [1.807, 2.05) is 20.8 Å². The van der Waals surface area contributed by atoms with Gasteiger partial charge in [0, 0.05) is 6.54 Å². The molecule has 0 saturated heterocycles. The van der Waals surface area contributed by atoms with Gasteiger partial charge in [-0.15, -0.1) is 0 Å². The summed E-state index contributed by atoms with van der Waals surface area (Å²) in [5, 5.41) is 2.33. The zero-order valence-corrected chi connectivity index (χ0v) is 11.0. The Kier molecular flexibility index (Phi) is 4.82. The van der Waals surface area contributed by atoms with Crippen molar-refractivity contribution in [3.8, 4) is 0 Å². The monoisotopic (exact) mass is 255 g/mol. The van der Waals surface area contributed by atoms with E-state index in [4.69, 9.17) is 0 Å². The Bertz CT molecular complexity index is 430. The van der Waals surface area contributed by atoms with Gasteiger partial charge in [-0.3, -0.25) is 4.79 Å². The Morgan fingerprint density at radius 3 is 2.61 bits per heavy atom. The van der Waals surface area contributed by atoms with Crippen molar-refractivity contribution in [1.82, 2.24) is 5.32 Å². The number of hydrogen-bond acceptors (Lipinski definition) is 1. The van der Waals surface area contributed by atoms with Gasteiger partial charge in [-0.2, -0.15) is 0 Å². The van der Waals surface area contributed by atoms with E-state index in [9.17, 15) is 13.6 Å². The van der Waals surface area contributed by atoms with Crippen LogP contribution in [0.25, 0.3) is 0 Å². The summed E-state index contributed by atoms with van der Waals surface area (Å²) in [6.45, 7) is 5.34. The molecule has 0 atom stereocenters. The lowest BCUT2D eigenvalue weighted by atomic mass is 9.81. The molecule has 0 aliphatic rings. The van der Waals surface area contributed by atoms with E-state index in [0.29, 0.717) is 0 Å². The fourth-order valence-corrected chi connectivity index (χ4v) is 1.58. The molecule has 0 saturated carbocycles. The van der Waals surface area contributed by atoms with Gasteiger partial charge >= 0.3 is 0 Å². The number of benzene rings is 1. The molecule has 1 N–H and O–H groups in total. The Balaban J connectivity index is 3.05. The van der Waals surface area contributed by atoms with Crippen LogP contribution in [0.4, 0.5) is 8.78 Å². The zero-order chi connectivity index (χ0) is 13.8. The fraction of sp³-hybridized carbons (Fsp3) is 0.500. The van der Waals surface area contributed by atoms with Gasteiger partial charge in [-0.1, -0.05) is 26.8 Å². The van der Waals surface area contributed by atoms with Gasteiger partial charge in [-0.05, 0) is 29.5 Å². The van der Waals surface area contributed by atoms with E-state index in [2.05, 4.69) is 5.32 Å². The number of alkyl halides is 1. The summed E-state index contributed by atoms with van der Waals surface area (Å²) in [4.78, 5) is 11.7. The van der Waals surface area contributed by atoms with Crippen LogP contribution in [-0.2, 0) is 5.41 Å². The molecule has 0 radical (unpaired) electrons. The fourth-order valence-electron chi connectivity index (χ4n) is 1.58. The molecule has 1 rings (SSSR count). The van der Waals surface area contributed by atoms with Crippen LogP contribution in [0, 0.1) is 5.82 Å². The van der Waals surface area contributed by atoms with Gasteiger partial charge in [0.1, 0.15) is 12.5 Å². The predicted molar refractivity (Wildman–Crippen MR) is 68.0 cm³/mol. The van der Waals surface area contributed by atoms with Crippen LogP contribution in [0.3, 0.4) is 0 Å². The van der Waals surface area contributed by atoms with Gasteiger partial charge in [-0.25, -0.2) is 8.78 Å². The lowest BCUT2D eigenvalue weighted by molar-refractivity contribution is 0.0946. The summed E-state index contributed by atoms with van der Waals surface area (Å²) in [5.41, 5.74) is 0.752. The van der Waals surface area contributed by atoms with Crippen molar-refractivity contribution < 1.29 is 13.6 Å². The van der Waals surface area contributed by atoms with Crippen molar-refractivity contribution in [2.75, 3.05) is 13.2 Å². The van der Waals surface area contributed by atoms with E-state index in [1.165, 1.54) is 6.07 Å². The Morgan fingerprint density at radius 2 is 2.06 bits per heavy atom. The van der Waals surface area contributed by atoms with E-state index < -0.39 is 18.4 Å². The van der Waals surface area contributed by atoms with Crippen LogP contribution in [0.2, 0.25) is 0 Å². The number of halogens is 2. The number of rotatable bonds is 5. The molecule has 0 aliphatic carbocycles. The van der Waals surface area contributed by atoms with Crippen molar-refractivity contribution in [2.45, 2.75) is 32.6 Å². The summed E-state index contributed by atoms with van der Waals surface area (Å²) < 4.78 is 25.6. The summed E-state index contributed by atoms with van der Waals surface area (Å²) in [7, 11) is 0. The second-order valence-electron chi connectivity index (χ2n) is 4.88. The molecular weight excluding hydrogens is 236 g/mol. The summed E-state index contributed by atoms with van der Waals surface area (Å²) in [6, 6.07) is 4.52. The number of carbonyl (C=O) groups is 1. The topological polar surface area (TPSA) is 29.1 Å². The molecular formula is C14H19F2NO. The van der Waals surface area contributed by atoms with Gasteiger partial charge in [0.2, 0.25) is 0 Å². The molecule has 0 bridgehead atoms. The van der Waals surface area contributed by atoms with Gasteiger partial charge in [0.05, 0.1) is 5.56 Å². The second kappa shape index (κ2) is 5.94. The lowest BCUT2D eigenvalue weighted by Crippen LogP contribution is -2.27. The van der Waals surface area contributed by atoms with Crippen molar-refractivity contribution in [3.63, 3.8) is 0 Å². The number of amides is 1. The van der Waals surface area contributed by atoms with Crippen LogP contribution in [0.15, 0.2) is 18.2 Å². The van der Waals surface area contributed by atoms with E-state index in [-0.39, 0.29) is 17.5 Å².